The summed E-state index contributed by atoms with van der Waals surface area (Å²) in [6, 6.07) is 11.5. The summed E-state index contributed by atoms with van der Waals surface area (Å²) >= 11 is 0. The average Bonchev–Trinajstić information content (AvgIpc) is 3.35. The zero-order valence-electron chi connectivity index (χ0n) is 18.3. The van der Waals surface area contributed by atoms with Gasteiger partial charge in [-0.15, -0.1) is 0 Å². The molecule has 3 heterocycles. The lowest BCUT2D eigenvalue weighted by Crippen LogP contribution is -2.40. The number of hydrogen-bond donors (Lipinski definition) is 1. The fraction of sp³-hybridized carbons (Fsp3) is 0.320. The Morgan fingerprint density at radius 2 is 1.84 bits per heavy atom. The number of benzene rings is 1. The second-order valence-corrected chi connectivity index (χ2v) is 8.13. The van der Waals surface area contributed by atoms with Crippen molar-refractivity contribution in [3.05, 3.63) is 93.3 Å². The number of carbonyl (C=O) groups is 2. The molecule has 4 rings (SSSR count). The summed E-state index contributed by atoms with van der Waals surface area (Å²) in [5.41, 5.74) is 1.74. The van der Waals surface area contributed by atoms with E-state index in [9.17, 15) is 14.4 Å². The maximum Gasteiger partial charge on any atom is 0.259 e. The smallest absolute Gasteiger partial charge is 0.259 e. The predicted octanol–water partition coefficient (Wildman–Crippen LogP) is 3.54. The van der Waals surface area contributed by atoms with E-state index in [2.05, 4.69) is 11.4 Å². The van der Waals surface area contributed by atoms with Gasteiger partial charge in [0, 0.05) is 31.5 Å². The monoisotopic (exact) mass is 433 g/mol. The van der Waals surface area contributed by atoms with Gasteiger partial charge in [-0.2, -0.15) is 0 Å². The fourth-order valence-corrected chi connectivity index (χ4v) is 3.89. The minimum Gasteiger partial charge on any atom is -0.467 e. The SMILES string of the molecule is CC[C@H](C)n1cc(C(=O)NCc2ccco2)c(=O)c(C(=O)N2CCc3ccccc3C2)c1. The van der Waals surface area contributed by atoms with Crippen molar-refractivity contribution in [3.63, 3.8) is 0 Å². The van der Waals surface area contributed by atoms with Crippen LogP contribution in [0.15, 0.2) is 64.3 Å². The fourth-order valence-electron chi connectivity index (χ4n) is 3.89. The van der Waals surface area contributed by atoms with Gasteiger partial charge in [0.25, 0.3) is 11.8 Å². The number of nitrogens with zero attached hydrogens (tertiary/aromatic N) is 2. The van der Waals surface area contributed by atoms with Gasteiger partial charge in [0.05, 0.1) is 12.8 Å². The summed E-state index contributed by atoms with van der Waals surface area (Å²) in [4.78, 5) is 41.1. The molecule has 1 atom stereocenters. The largest absolute Gasteiger partial charge is 0.467 e. The second-order valence-electron chi connectivity index (χ2n) is 8.13. The predicted molar refractivity (Wildman–Crippen MR) is 120 cm³/mol. The number of nitrogens with one attached hydrogen (secondary N) is 1. The van der Waals surface area contributed by atoms with Gasteiger partial charge in [-0.25, -0.2) is 0 Å². The first-order chi connectivity index (χ1) is 15.5. The minimum atomic E-state index is -0.551. The van der Waals surface area contributed by atoms with E-state index < -0.39 is 11.3 Å². The van der Waals surface area contributed by atoms with Gasteiger partial charge in [0.1, 0.15) is 16.9 Å². The summed E-state index contributed by atoms with van der Waals surface area (Å²) in [5.74, 6) is -0.288. The van der Waals surface area contributed by atoms with Crippen molar-refractivity contribution >= 4 is 11.8 Å². The highest BCUT2D eigenvalue weighted by Crippen LogP contribution is 2.20. The van der Waals surface area contributed by atoms with Crippen LogP contribution in [0, 0.1) is 0 Å². The molecular formula is C25H27N3O4. The quantitative estimate of drug-likeness (QED) is 0.644. The number of pyridine rings is 1. The van der Waals surface area contributed by atoms with Crippen LogP contribution in [-0.2, 0) is 19.5 Å². The van der Waals surface area contributed by atoms with Crippen molar-refractivity contribution in [3.8, 4) is 0 Å². The first-order valence-electron chi connectivity index (χ1n) is 10.9. The minimum absolute atomic E-state index is 0.0235. The second kappa shape index (κ2) is 9.26. The molecule has 2 aromatic heterocycles. The standard InChI is InChI=1S/C25H27N3O4/c1-3-17(2)28-15-21(24(30)26-13-20-9-6-12-32-20)23(29)22(16-28)25(31)27-11-10-18-7-4-5-8-19(18)14-27/h4-9,12,15-17H,3,10-11,13-14H2,1-2H3,(H,26,30)/t17-/m0/s1. The average molecular weight is 434 g/mol. The number of hydrogen-bond acceptors (Lipinski definition) is 4. The van der Waals surface area contributed by atoms with Crippen LogP contribution in [0.4, 0.5) is 0 Å². The van der Waals surface area contributed by atoms with E-state index >= 15 is 0 Å². The van der Waals surface area contributed by atoms with Crippen molar-refractivity contribution in [2.24, 2.45) is 0 Å². The van der Waals surface area contributed by atoms with Gasteiger partial charge in [0.15, 0.2) is 0 Å². The highest BCUT2D eigenvalue weighted by Gasteiger charge is 2.26. The molecule has 32 heavy (non-hydrogen) atoms. The summed E-state index contributed by atoms with van der Waals surface area (Å²) in [6.45, 7) is 5.15. The van der Waals surface area contributed by atoms with E-state index in [0.717, 1.165) is 18.4 Å². The molecule has 0 spiro atoms. The molecule has 0 saturated carbocycles. The summed E-state index contributed by atoms with van der Waals surface area (Å²) < 4.78 is 7.03. The van der Waals surface area contributed by atoms with Gasteiger partial charge in [-0.05, 0) is 43.0 Å². The van der Waals surface area contributed by atoms with Gasteiger partial charge in [0.2, 0.25) is 5.43 Å². The zero-order chi connectivity index (χ0) is 22.7. The Hall–Kier alpha value is -3.61. The van der Waals surface area contributed by atoms with Gasteiger partial charge in [-0.3, -0.25) is 14.4 Å². The Morgan fingerprint density at radius 1 is 1.09 bits per heavy atom. The molecule has 7 nitrogen and oxygen atoms in total. The van der Waals surface area contributed by atoms with Crippen molar-refractivity contribution < 1.29 is 14.0 Å². The molecule has 0 radical (unpaired) electrons. The van der Waals surface area contributed by atoms with Gasteiger partial charge < -0.3 is 19.2 Å². The summed E-state index contributed by atoms with van der Waals surface area (Å²) in [6.07, 6.45) is 6.18. The molecule has 2 amide bonds. The van der Waals surface area contributed by atoms with Crippen LogP contribution in [0.2, 0.25) is 0 Å². The third kappa shape index (κ3) is 4.37. The number of rotatable bonds is 6. The number of carbonyl (C=O) groups excluding carboxylic acids is 2. The number of furan rings is 1. The van der Waals surface area contributed by atoms with Crippen LogP contribution in [0.5, 0.6) is 0 Å². The molecule has 3 aromatic rings. The van der Waals surface area contributed by atoms with Crippen LogP contribution in [0.3, 0.4) is 0 Å². The van der Waals surface area contributed by atoms with Crippen LogP contribution in [0.1, 0.15) is 63.9 Å². The van der Waals surface area contributed by atoms with Crippen molar-refractivity contribution in [2.75, 3.05) is 6.54 Å². The molecule has 0 aliphatic carbocycles. The molecule has 0 saturated heterocycles. The molecule has 0 bridgehead atoms. The van der Waals surface area contributed by atoms with Crippen molar-refractivity contribution in [2.45, 2.75) is 45.8 Å². The summed E-state index contributed by atoms with van der Waals surface area (Å²) in [7, 11) is 0. The highest BCUT2D eigenvalue weighted by atomic mass is 16.3. The third-order valence-corrected chi connectivity index (χ3v) is 6.04. The third-order valence-electron chi connectivity index (χ3n) is 6.04. The van der Waals surface area contributed by atoms with E-state index in [1.165, 1.54) is 18.0 Å². The Bertz CT molecular complexity index is 1180. The van der Waals surface area contributed by atoms with Gasteiger partial charge >= 0.3 is 0 Å². The van der Waals surface area contributed by atoms with Crippen LogP contribution >= 0.6 is 0 Å². The molecule has 1 aliphatic heterocycles. The number of fused-ring (bicyclic) bond motifs is 1. The molecule has 0 unspecified atom stereocenters. The van der Waals surface area contributed by atoms with Crippen LogP contribution < -0.4 is 10.7 Å². The summed E-state index contributed by atoms with van der Waals surface area (Å²) in [5, 5.41) is 2.71. The van der Waals surface area contributed by atoms with E-state index in [1.54, 1.807) is 27.8 Å². The molecule has 1 aromatic carbocycles. The van der Waals surface area contributed by atoms with E-state index in [-0.39, 0.29) is 29.6 Å². The molecule has 166 valence electrons. The topological polar surface area (TPSA) is 84.5 Å². The molecule has 0 fully saturated rings. The Labute approximate surface area is 186 Å². The van der Waals surface area contributed by atoms with E-state index in [0.29, 0.717) is 18.8 Å². The van der Waals surface area contributed by atoms with Crippen molar-refractivity contribution in [1.82, 2.24) is 14.8 Å². The normalized spacial score (nSPS) is 14.0. The molecule has 7 heteroatoms. The Morgan fingerprint density at radius 3 is 2.56 bits per heavy atom. The number of aromatic nitrogens is 1. The van der Waals surface area contributed by atoms with Crippen LogP contribution in [0.25, 0.3) is 0 Å². The number of amides is 2. The highest BCUT2D eigenvalue weighted by molar-refractivity contribution is 5.99. The van der Waals surface area contributed by atoms with Crippen molar-refractivity contribution in [1.29, 1.82) is 0 Å². The van der Waals surface area contributed by atoms with E-state index in [1.807, 2.05) is 32.0 Å². The maximum atomic E-state index is 13.4. The Balaban J connectivity index is 1.65. The molecular weight excluding hydrogens is 406 g/mol. The zero-order valence-corrected chi connectivity index (χ0v) is 18.3. The molecule has 1 N–H and O–H groups in total. The van der Waals surface area contributed by atoms with E-state index in [4.69, 9.17) is 4.42 Å². The first kappa shape index (κ1) is 21.6. The lowest BCUT2D eigenvalue weighted by atomic mass is 9.99. The maximum absolute atomic E-state index is 13.4. The lowest BCUT2D eigenvalue weighted by Gasteiger charge is -2.29. The molecule has 1 aliphatic rings. The lowest BCUT2D eigenvalue weighted by molar-refractivity contribution is 0.0732. The van der Waals surface area contributed by atoms with Gasteiger partial charge in [-0.1, -0.05) is 31.2 Å². The first-order valence-corrected chi connectivity index (χ1v) is 10.9. The Kier molecular flexibility index (Phi) is 6.25. The van der Waals surface area contributed by atoms with Crippen LogP contribution in [-0.4, -0.2) is 27.8 Å².